The third kappa shape index (κ3) is 3.79. The van der Waals surface area contributed by atoms with Gasteiger partial charge in [-0.05, 0) is 49.6 Å². The standard InChI is InChI=1S/C14H18N2O2S/c15-10-12-4-6-14(7-5-12)19(17,18)9-8-16-11-13-2-1-3-13/h4-7,13,16H,1-3,8-9,11H2. The summed E-state index contributed by atoms with van der Waals surface area (Å²) in [6, 6.07) is 8.05. The summed E-state index contributed by atoms with van der Waals surface area (Å²) in [5, 5.41) is 11.9. The molecule has 102 valence electrons. The Morgan fingerprint density at radius 1 is 1.26 bits per heavy atom. The molecule has 0 atom stereocenters. The van der Waals surface area contributed by atoms with E-state index in [0.717, 1.165) is 12.5 Å². The Labute approximate surface area is 114 Å². The summed E-state index contributed by atoms with van der Waals surface area (Å²) in [6.07, 6.45) is 3.82. The van der Waals surface area contributed by atoms with Crippen molar-refractivity contribution in [1.82, 2.24) is 5.32 Å². The summed E-state index contributed by atoms with van der Waals surface area (Å²) in [5.74, 6) is 0.837. The van der Waals surface area contributed by atoms with Crippen LogP contribution in [0, 0.1) is 17.2 Å². The van der Waals surface area contributed by atoms with E-state index in [2.05, 4.69) is 5.32 Å². The molecule has 2 rings (SSSR count). The first kappa shape index (κ1) is 14.0. The van der Waals surface area contributed by atoms with Crippen molar-refractivity contribution in [3.63, 3.8) is 0 Å². The normalized spacial score (nSPS) is 15.7. The summed E-state index contributed by atoms with van der Waals surface area (Å²) in [5.41, 5.74) is 0.474. The Morgan fingerprint density at radius 3 is 2.47 bits per heavy atom. The Bertz CT molecular complexity index is 554. The fourth-order valence-corrected chi connectivity index (χ4v) is 3.26. The molecule has 1 fully saturated rings. The van der Waals surface area contributed by atoms with Crippen LogP contribution in [0.3, 0.4) is 0 Å². The monoisotopic (exact) mass is 278 g/mol. The zero-order chi connectivity index (χ0) is 13.7. The molecule has 0 radical (unpaired) electrons. The minimum atomic E-state index is -3.24. The van der Waals surface area contributed by atoms with E-state index < -0.39 is 9.84 Å². The van der Waals surface area contributed by atoms with E-state index in [1.165, 1.54) is 43.5 Å². The second-order valence-electron chi connectivity index (χ2n) is 4.96. The molecule has 0 heterocycles. The lowest BCUT2D eigenvalue weighted by atomic mass is 9.85. The lowest BCUT2D eigenvalue weighted by molar-refractivity contribution is 0.304. The first-order chi connectivity index (χ1) is 9.12. The molecule has 0 aliphatic heterocycles. The van der Waals surface area contributed by atoms with Crippen LogP contribution in [-0.4, -0.2) is 27.3 Å². The molecule has 1 saturated carbocycles. The Balaban J connectivity index is 1.84. The topological polar surface area (TPSA) is 70.0 Å². The number of nitrogens with zero attached hydrogens (tertiary/aromatic N) is 1. The van der Waals surface area contributed by atoms with Crippen molar-refractivity contribution in [2.45, 2.75) is 24.2 Å². The number of benzene rings is 1. The third-order valence-electron chi connectivity index (χ3n) is 3.55. The van der Waals surface area contributed by atoms with Gasteiger partial charge >= 0.3 is 0 Å². The molecular formula is C14H18N2O2S. The minimum absolute atomic E-state index is 0.103. The summed E-state index contributed by atoms with van der Waals surface area (Å²) >= 11 is 0. The Kier molecular flexibility index (Phi) is 4.56. The molecule has 1 aromatic rings. The lowest BCUT2D eigenvalue weighted by Gasteiger charge is -2.25. The Morgan fingerprint density at radius 2 is 1.95 bits per heavy atom. The average Bonchev–Trinajstić information content (AvgIpc) is 2.36. The molecule has 19 heavy (non-hydrogen) atoms. The van der Waals surface area contributed by atoms with Crippen LogP contribution < -0.4 is 5.32 Å². The zero-order valence-corrected chi connectivity index (χ0v) is 11.6. The number of sulfone groups is 1. The minimum Gasteiger partial charge on any atom is -0.315 e. The molecular weight excluding hydrogens is 260 g/mol. The quantitative estimate of drug-likeness (QED) is 0.804. The molecule has 5 heteroatoms. The predicted molar refractivity (Wildman–Crippen MR) is 73.4 cm³/mol. The van der Waals surface area contributed by atoms with Gasteiger partial charge in [0, 0.05) is 6.54 Å². The number of nitriles is 1. The van der Waals surface area contributed by atoms with E-state index in [1.807, 2.05) is 6.07 Å². The molecule has 1 aliphatic carbocycles. The molecule has 0 aromatic heterocycles. The molecule has 0 saturated heterocycles. The smallest absolute Gasteiger partial charge is 0.179 e. The van der Waals surface area contributed by atoms with Gasteiger partial charge in [0.2, 0.25) is 0 Å². The maximum atomic E-state index is 12.0. The molecule has 0 bridgehead atoms. The van der Waals surface area contributed by atoms with Crippen LogP contribution in [0.2, 0.25) is 0 Å². The highest BCUT2D eigenvalue weighted by Gasteiger charge is 2.18. The van der Waals surface area contributed by atoms with Crippen molar-refractivity contribution in [2.24, 2.45) is 5.92 Å². The first-order valence-corrected chi connectivity index (χ1v) is 8.21. The molecule has 1 aromatic carbocycles. The van der Waals surface area contributed by atoms with Crippen molar-refractivity contribution >= 4 is 9.84 Å². The van der Waals surface area contributed by atoms with Crippen LogP contribution in [0.5, 0.6) is 0 Å². The molecule has 0 spiro atoms. The van der Waals surface area contributed by atoms with E-state index in [0.29, 0.717) is 12.1 Å². The van der Waals surface area contributed by atoms with E-state index in [4.69, 9.17) is 5.26 Å². The summed E-state index contributed by atoms with van der Waals surface area (Å²) in [4.78, 5) is 0.289. The molecule has 0 unspecified atom stereocenters. The molecule has 0 amide bonds. The lowest BCUT2D eigenvalue weighted by Crippen LogP contribution is -2.30. The van der Waals surface area contributed by atoms with Gasteiger partial charge in [0.1, 0.15) is 0 Å². The van der Waals surface area contributed by atoms with E-state index >= 15 is 0 Å². The van der Waals surface area contributed by atoms with Crippen LogP contribution in [0.4, 0.5) is 0 Å². The second kappa shape index (κ2) is 6.18. The summed E-state index contributed by atoms with van der Waals surface area (Å²) in [6.45, 7) is 1.40. The van der Waals surface area contributed by atoms with Gasteiger partial charge in [0.05, 0.1) is 22.3 Å². The fraction of sp³-hybridized carbons (Fsp3) is 0.500. The van der Waals surface area contributed by atoms with Crippen molar-refractivity contribution in [3.05, 3.63) is 29.8 Å². The van der Waals surface area contributed by atoms with Gasteiger partial charge in [-0.25, -0.2) is 8.42 Å². The van der Waals surface area contributed by atoms with Crippen molar-refractivity contribution < 1.29 is 8.42 Å². The highest BCUT2D eigenvalue weighted by molar-refractivity contribution is 7.91. The third-order valence-corrected chi connectivity index (χ3v) is 5.28. The van der Waals surface area contributed by atoms with E-state index in [1.54, 1.807) is 0 Å². The van der Waals surface area contributed by atoms with Crippen LogP contribution in [0.25, 0.3) is 0 Å². The zero-order valence-electron chi connectivity index (χ0n) is 10.8. The largest absolute Gasteiger partial charge is 0.315 e. The summed E-state index contributed by atoms with van der Waals surface area (Å²) in [7, 11) is -3.24. The number of hydrogen-bond donors (Lipinski definition) is 1. The number of nitrogens with one attached hydrogen (secondary N) is 1. The van der Waals surface area contributed by atoms with Gasteiger partial charge in [0.15, 0.2) is 9.84 Å². The maximum absolute atomic E-state index is 12.0. The SMILES string of the molecule is N#Cc1ccc(S(=O)(=O)CCNCC2CCC2)cc1. The first-order valence-electron chi connectivity index (χ1n) is 6.55. The molecule has 1 aliphatic rings. The fourth-order valence-electron chi connectivity index (χ4n) is 2.06. The van der Waals surface area contributed by atoms with Gasteiger partial charge in [-0.15, -0.1) is 0 Å². The van der Waals surface area contributed by atoms with E-state index in [-0.39, 0.29) is 10.6 Å². The Hall–Kier alpha value is -1.38. The van der Waals surface area contributed by atoms with Gasteiger partial charge < -0.3 is 5.32 Å². The average molecular weight is 278 g/mol. The highest BCUT2D eigenvalue weighted by Crippen LogP contribution is 2.25. The van der Waals surface area contributed by atoms with Crippen LogP contribution in [0.1, 0.15) is 24.8 Å². The van der Waals surface area contributed by atoms with Crippen molar-refractivity contribution in [1.29, 1.82) is 5.26 Å². The highest BCUT2D eigenvalue weighted by atomic mass is 32.2. The number of hydrogen-bond acceptors (Lipinski definition) is 4. The molecule has 1 N–H and O–H groups in total. The van der Waals surface area contributed by atoms with Crippen LogP contribution >= 0.6 is 0 Å². The number of rotatable bonds is 6. The van der Waals surface area contributed by atoms with Crippen molar-refractivity contribution in [3.8, 4) is 6.07 Å². The molecule has 4 nitrogen and oxygen atoms in total. The van der Waals surface area contributed by atoms with Crippen LogP contribution in [0.15, 0.2) is 29.2 Å². The van der Waals surface area contributed by atoms with Gasteiger partial charge in [-0.2, -0.15) is 5.26 Å². The maximum Gasteiger partial charge on any atom is 0.179 e. The van der Waals surface area contributed by atoms with Crippen LogP contribution in [-0.2, 0) is 9.84 Å². The van der Waals surface area contributed by atoms with Gasteiger partial charge in [0.25, 0.3) is 0 Å². The summed E-state index contributed by atoms with van der Waals surface area (Å²) < 4.78 is 24.1. The predicted octanol–water partition coefficient (Wildman–Crippen LogP) is 1.72. The second-order valence-corrected chi connectivity index (χ2v) is 7.07. The van der Waals surface area contributed by atoms with Crippen molar-refractivity contribution in [2.75, 3.05) is 18.8 Å². The van der Waals surface area contributed by atoms with Gasteiger partial charge in [-0.1, -0.05) is 6.42 Å². The van der Waals surface area contributed by atoms with Gasteiger partial charge in [-0.3, -0.25) is 0 Å². The van der Waals surface area contributed by atoms with E-state index in [9.17, 15) is 8.42 Å².